The highest BCUT2D eigenvalue weighted by atomic mass is 35.5. The van der Waals surface area contributed by atoms with E-state index in [0.717, 1.165) is 29.8 Å². The molecule has 2 fully saturated rings. The van der Waals surface area contributed by atoms with Gasteiger partial charge in [0.25, 0.3) is 0 Å². The first-order chi connectivity index (χ1) is 18.0. The second kappa shape index (κ2) is 12.0. The molecule has 7 nitrogen and oxygen atoms in total. The summed E-state index contributed by atoms with van der Waals surface area (Å²) in [4.78, 5) is 38.4. The number of nitrogens with zero attached hydrogens (tertiary/aromatic N) is 4. The number of piperazine rings is 1. The van der Waals surface area contributed by atoms with Gasteiger partial charge in [0.15, 0.2) is 5.16 Å². The average molecular weight is 536 g/mol. The predicted octanol–water partition coefficient (Wildman–Crippen LogP) is 4.38. The van der Waals surface area contributed by atoms with Gasteiger partial charge in [-0.2, -0.15) is 0 Å². The first-order valence-electron chi connectivity index (χ1n) is 12.6. The van der Waals surface area contributed by atoms with E-state index >= 15 is 0 Å². The number of rotatable bonds is 9. The monoisotopic (exact) mass is 535 g/mol. The van der Waals surface area contributed by atoms with E-state index in [0.29, 0.717) is 42.9 Å². The zero-order valence-electron chi connectivity index (χ0n) is 20.6. The van der Waals surface area contributed by atoms with Crippen LogP contribution in [0.3, 0.4) is 0 Å². The maximum atomic E-state index is 13.0. The number of nitrogens with one attached hydrogen (secondary N) is 1. The second-order valence-corrected chi connectivity index (χ2v) is 10.8. The Morgan fingerprint density at radius 3 is 2.32 bits per heavy atom. The van der Waals surface area contributed by atoms with Crippen LogP contribution in [0.4, 0.5) is 5.82 Å². The SMILES string of the molecule is O=C(CSc1nc(Cl)cc(N2CCN(C(=O)C3CC3)CC2)n1)NC(Cc1ccccc1)c1ccccc1. The summed E-state index contributed by atoms with van der Waals surface area (Å²) in [7, 11) is 0. The first-order valence-corrected chi connectivity index (χ1v) is 14.0. The Morgan fingerprint density at radius 2 is 1.65 bits per heavy atom. The quantitative estimate of drug-likeness (QED) is 0.249. The summed E-state index contributed by atoms with van der Waals surface area (Å²) in [5.74, 6) is 1.34. The lowest BCUT2D eigenvalue weighted by atomic mass is 9.99. The van der Waals surface area contributed by atoms with Crippen molar-refractivity contribution in [3.8, 4) is 0 Å². The standard InChI is InChI=1S/C28H30ClN5O2S/c29-24-18-25(33-13-15-34(16-14-33)27(36)22-11-12-22)32-28(31-24)37-19-26(35)30-23(21-9-5-2-6-10-21)17-20-7-3-1-4-8-20/h1-10,18,22-23H,11-17,19H2,(H,30,35). The highest BCUT2D eigenvalue weighted by Crippen LogP contribution is 2.31. The van der Waals surface area contributed by atoms with Gasteiger partial charge in [-0.05, 0) is 30.4 Å². The zero-order chi connectivity index (χ0) is 25.6. The minimum atomic E-state index is -0.137. The summed E-state index contributed by atoms with van der Waals surface area (Å²) >= 11 is 7.58. The number of amides is 2. The minimum absolute atomic E-state index is 0.0906. The molecule has 2 aliphatic rings. The molecule has 1 N–H and O–H groups in total. The molecule has 1 aliphatic heterocycles. The number of hydrogen-bond donors (Lipinski definition) is 1. The number of benzene rings is 2. The number of carbonyl (C=O) groups excluding carboxylic acids is 2. The van der Waals surface area contributed by atoms with Gasteiger partial charge in [-0.15, -0.1) is 0 Å². The van der Waals surface area contributed by atoms with Crippen molar-refractivity contribution in [3.63, 3.8) is 0 Å². The molecule has 5 rings (SSSR count). The van der Waals surface area contributed by atoms with Crippen molar-refractivity contribution >= 4 is 41.0 Å². The number of aromatic nitrogens is 2. The Morgan fingerprint density at radius 1 is 0.973 bits per heavy atom. The topological polar surface area (TPSA) is 78.4 Å². The Bertz CT molecular complexity index is 1220. The molecule has 9 heteroatoms. The van der Waals surface area contributed by atoms with E-state index in [4.69, 9.17) is 11.6 Å². The zero-order valence-corrected chi connectivity index (χ0v) is 22.1. The summed E-state index contributed by atoms with van der Waals surface area (Å²) in [5, 5.41) is 3.99. The van der Waals surface area contributed by atoms with Crippen molar-refractivity contribution in [2.45, 2.75) is 30.5 Å². The second-order valence-electron chi connectivity index (χ2n) is 9.43. The Balaban J connectivity index is 1.19. The largest absolute Gasteiger partial charge is 0.353 e. The van der Waals surface area contributed by atoms with Crippen LogP contribution in [0.1, 0.15) is 30.0 Å². The van der Waals surface area contributed by atoms with Crippen LogP contribution in [0.5, 0.6) is 0 Å². The summed E-state index contributed by atoms with van der Waals surface area (Å²) in [5.41, 5.74) is 2.22. The van der Waals surface area contributed by atoms with Gasteiger partial charge in [0.05, 0.1) is 11.8 Å². The Kier molecular flexibility index (Phi) is 8.26. The summed E-state index contributed by atoms with van der Waals surface area (Å²) in [6.45, 7) is 2.78. The molecule has 3 aromatic rings. The van der Waals surface area contributed by atoms with Crippen LogP contribution < -0.4 is 10.2 Å². The van der Waals surface area contributed by atoms with Crippen LogP contribution in [-0.4, -0.2) is 58.6 Å². The van der Waals surface area contributed by atoms with Crippen LogP contribution in [0.2, 0.25) is 5.15 Å². The lowest BCUT2D eigenvalue weighted by Crippen LogP contribution is -2.49. The van der Waals surface area contributed by atoms with E-state index in [1.807, 2.05) is 53.4 Å². The normalized spacial score (nSPS) is 16.4. The lowest BCUT2D eigenvalue weighted by Gasteiger charge is -2.35. The van der Waals surface area contributed by atoms with Crippen LogP contribution in [0, 0.1) is 5.92 Å². The van der Waals surface area contributed by atoms with Gasteiger partial charge in [0.2, 0.25) is 11.8 Å². The molecule has 192 valence electrons. The van der Waals surface area contributed by atoms with Gasteiger partial charge in [-0.25, -0.2) is 9.97 Å². The minimum Gasteiger partial charge on any atom is -0.353 e. The highest BCUT2D eigenvalue weighted by Gasteiger charge is 2.34. The maximum Gasteiger partial charge on any atom is 0.230 e. The molecule has 2 aromatic carbocycles. The molecule has 37 heavy (non-hydrogen) atoms. The third-order valence-electron chi connectivity index (χ3n) is 6.65. The molecule has 0 bridgehead atoms. The molecule has 0 radical (unpaired) electrons. The summed E-state index contributed by atoms with van der Waals surface area (Å²) in [6, 6.07) is 21.8. The van der Waals surface area contributed by atoms with Gasteiger partial charge in [0, 0.05) is 38.2 Å². The van der Waals surface area contributed by atoms with Crippen molar-refractivity contribution in [1.29, 1.82) is 0 Å². The van der Waals surface area contributed by atoms with Gasteiger partial charge >= 0.3 is 0 Å². The average Bonchev–Trinajstić information content (AvgIpc) is 3.78. The van der Waals surface area contributed by atoms with E-state index < -0.39 is 0 Å². The van der Waals surface area contributed by atoms with Crippen molar-refractivity contribution in [1.82, 2.24) is 20.2 Å². The fraction of sp³-hybridized carbons (Fsp3) is 0.357. The Labute approximate surface area is 226 Å². The summed E-state index contributed by atoms with van der Waals surface area (Å²) in [6.07, 6.45) is 2.74. The van der Waals surface area contributed by atoms with Gasteiger partial charge < -0.3 is 15.1 Å². The van der Waals surface area contributed by atoms with Crippen molar-refractivity contribution in [2.24, 2.45) is 5.92 Å². The molecule has 1 saturated heterocycles. The van der Waals surface area contributed by atoms with Gasteiger partial charge in [0.1, 0.15) is 11.0 Å². The molecule has 1 unspecified atom stereocenters. The molecule has 1 atom stereocenters. The third-order valence-corrected chi connectivity index (χ3v) is 7.70. The molecular formula is C28H30ClN5O2S. The van der Waals surface area contributed by atoms with Crippen molar-refractivity contribution < 1.29 is 9.59 Å². The molecular weight excluding hydrogens is 506 g/mol. The number of halogens is 1. The molecule has 0 spiro atoms. The highest BCUT2D eigenvalue weighted by molar-refractivity contribution is 7.99. The van der Waals surface area contributed by atoms with E-state index in [2.05, 4.69) is 32.3 Å². The van der Waals surface area contributed by atoms with E-state index in [9.17, 15) is 9.59 Å². The van der Waals surface area contributed by atoms with E-state index in [-0.39, 0.29) is 29.5 Å². The van der Waals surface area contributed by atoms with Crippen LogP contribution in [0.25, 0.3) is 0 Å². The molecule has 1 aliphatic carbocycles. The van der Waals surface area contributed by atoms with Crippen LogP contribution in [-0.2, 0) is 16.0 Å². The predicted molar refractivity (Wildman–Crippen MR) is 147 cm³/mol. The van der Waals surface area contributed by atoms with Crippen molar-refractivity contribution in [3.05, 3.63) is 83.0 Å². The molecule has 2 heterocycles. The number of carbonyl (C=O) groups is 2. The van der Waals surface area contributed by atoms with Crippen LogP contribution in [0.15, 0.2) is 71.9 Å². The smallest absolute Gasteiger partial charge is 0.230 e. The number of thioether (sulfide) groups is 1. The molecule has 1 saturated carbocycles. The van der Waals surface area contributed by atoms with Gasteiger partial charge in [-0.3, -0.25) is 9.59 Å². The molecule has 2 amide bonds. The third kappa shape index (κ3) is 7.02. The van der Waals surface area contributed by atoms with Crippen molar-refractivity contribution in [2.75, 3.05) is 36.8 Å². The number of anilines is 1. The van der Waals surface area contributed by atoms with E-state index in [1.54, 1.807) is 6.07 Å². The Hall–Kier alpha value is -3.10. The van der Waals surface area contributed by atoms with Crippen LogP contribution >= 0.6 is 23.4 Å². The number of hydrogen-bond acceptors (Lipinski definition) is 6. The maximum absolute atomic E-state index is 13.0. The lowest BCUT2D eigenvalue weighted by molar-refractivity contribution is -0.132. The molecule has 1 aromatic heterocycles. The van der Waals surface area contributed by atoms with Gasteiger partial charge in [-0.1, -0.05) is 84.0 Å². The van der Waals surface area contributed by atoms with E-state index in [1.165, 1.54) is 11.8 Å². The first kappa shape index (κ1) is 25.5. The summed E-state index contributed by atoms with van der Waals surface area (Å²) < 4.78 is 0. The fourth-order valence-electron chi connectivity index (χ4n) is 4.51. The fourth-order valence-corrected chi connectivity index (χ4v) is 5.40.